The van der Waals surface area contributed by atoms with E-state index >= 15 is 0 Å². The van der Waals surface area contributed by atoms with Crippen LogP contribution in [0.5, 0.6) is 0 Å². The molecule has 0 saturated heterocycles. The van der Waals surface area contributed by atoms with E-state index < -0.39 is 0 Å². The minimum Gasteiger partial charge on any atom is -0.310 e. The van der Waals surface area contributed by atoms with Gasteiger partial charge in [0.15, 0.2) is 0 Å². The Balaban J connectivity index is 3.11. The van der Waals surface area contributed by atoms with E-state index in [1.165, 1.54) is 6.07 Å². The third-order valence-corrected chi connectivity index (χ3v) is 2.78. The molecule has 0 saturated carbocycles. The molecule has 0 bridgehead atoms. The van der Waals surface area contributed by atoms with Crippen LogP contribution in [0.15, 0.2) is 18.2 Å². The summed E-state index contributed by atoms with van der Waals surface area (Å²) in [4.78, 5) is 0. The number of benzene rings is 1. The van der Waals surface area contributed by atoms with Crippen molar-refractivity contribution in [3.63, 3.8) is 0 Å². The highest BCUT2D eigenvalue weighted by Gasteiger charge is 2.27. The Labute approximate surface area is 102 Å². The van der Waals surface area contributed by atoms with E-state index in [-0.39, 0.29) is 17.3 Å². The fraction of sp³-hybridized carbons (Fsp3) is 0.538. The van der Waals surface area contributed by atoms with Crippen molar-refractivity contribution in [1.29, 1.82) is 0 Å². The Morgan fingerprint density at radius 2 is 2.00 bits per heavy atom. The summed E-state index contributed by atoms with van der Waals surface area (Å²) in [6, 6.07) is 4.86. The Hall–Kier alpha value is -0.600. The molecule has 0 aliphatic carbocycles. The average molecular weight is 244 g/mol. The van der Waals surface area contributed by atoms with Gasteiger partial charge in [0.2, 0.25) is 0 Å². The number of hydrogen-bond acceptors (Lipinski definition) is 1. The minimum atomic E-state index is -0.242. The summed E-state index contributed by atoms with van der Waals surface area (Å²) in [6.07, 6.45) is 0. The van der Waals surface area contributed by atoms with Gasteiger partial charge in [-0.15, -0.1) is 0 Å². The molecule has 1 rings (SSSR count). The lowest BCUT2D eigenvalue weighted by molar-refractivity contribution is 0.270. The first-order valence-electron chi connectivity index (χ1n) is 5.54. The average Bonchev–Trinajstić information content (AvgIpc) is 2.13. The molecule has 0 aliphatic heterocycles. The van der Waals surface area contributed by atoms with Crippen molar-refractivity contribution < 1.29 is 4.39 Å². The summed E-state index contributed by atoms with van der Waals surface area (Å²) < 4.78 is 13.8. The third kappa shape index (κ3) is 3.19. The van der Waals surface area contributed by atoms with Crippen molar-refractivity contribution >= 4 is 11.6 Å². The SMILES string of the molecule is CCNC(c1ccc(Cl)cc1F)C(C)(C)C. The second-order valence-electron chi connectivity index (χ2n) is 5.02. The Kier molecular flexibility index (Phi) is 4.34. The van der Waals surface area contributed by atoms with Crippen LogP contribution in [0.25, 0.3) is 0 Å². The van der Waals surface area contributed by atoms with E-state index in [2.05, 4.69) is 26.1 Å². The number of halogens is 2. The van der Waals surface area contributed by atoms with Gasteiger partial charge in [-0.1, -0.05) is 45.4 Å². The second-order valence-corrected chi connectivity index (χ2v) is 5.46. The van der Waals surface area contributed by atoms with Crippen molar-refractivity contribution in [2.75, 3.05) is 6.54 Å². The predicted molar refractivity (Wildman–Crippen MR) is 67.3 cm³/mol. The minimum absolute atomic E-state index is 0.00485. The zero-order valence-electron chi connectivity index (χ0n) is 10.3. The monoisotopic (exact) mass is 243 g/mol. The first kappa shape index (κ1) is 13.5. The van der Waals surface area contributed by atoms with Crippen molar-refractivity contribution in [2.45, 2.75) is 33.7 Å². The molecule has 0 spiro atoms. The highest BCUT2D eigenvalue weighted by atomic mass is 35.5. The molecule has 1 aromatic rings. The van der Waals surface area contributed by atoms with Crippen LogP contribution in [-0.2, 0) is 0 Å². The van der Waals surface area contributed by atoms with Crippen LogP contribution in [-0.4, -0.2) is 6.54 Å². The van der Waals surface area contributed by atoms with Crippen molar-refractivity contribution in [3.05, 3.63) is 34.6 Å². The first-order chi connectivity index (χ1) is 7.36. The molecular weight excluding hydrogens is 225 g/mol. The van der Waals surface area contributed by atoms with Crippen molar-refractivity contribution in [2.24, 2.45) is 5.41 Å². The summed E-state index contributed by atoms with van der Waals surface area (Å²) in [5.74, 6) is -0.242. The Bertz CT molecular complexity index is 357. The predicted octanol–water partition coefficient (Wildman–Crippen LogP) is 4.18. The van der Waals surface area contributed by atoms with Crippen LogP contribution in [0.3, 0.4) is 0 Å². The van der Waals surface area contributed by atoms with Crippen LogP contribution in [0.1, 0.15) is 39.3 Å². The second kappa shape index (κ2) is 5.15. The molecule has 0 aliphatic rings. The van der Waals surface area contributed by atoms with Gasteiger partial charge < -0.3 is 5.32 Å². The van der Waals surface area contributed by atoms with Gasteiger partial charge in [-0.2, -0.15) is 0 Å². The quantitative estimate of drug-likeness (QED) is 0.840. The highest BCUT2D eigenvalue weighted by molar-refractivity contribution is 6.30. The van der Waals surface area contributed by atoms with E-state index in [0.717, 1.165) is 6.54 Å². The van der Waals surface area contributed by atoms with Gasteiger partial charge in [-0.25, -0.2) is 4.39 Å². The number of nitrogens with one attached hydrogen (secondary N) is 1. The topological polar surface area (TPSA) is 12.0 Å². The summed E-state index contributed by atoms with van der Waals surface area (Å²) in [5.41, 5.74) is 0.642. The number of rotatable bonds is 3. The molecule has 3 heteroatoms. The molecular formula is C13H19ClFN. The van der Waals surface area contributed by atoms with Gasteiger partial charge in [0.25, 0.3) is 0 Å². The zero-order valence-corrected chi connectivity index (χ0v) is 11.0. The summed E-state index contributed by atoms with van der Waals surface area (Å²) in [5, 5.41) is 3.75. The van der Waals surface area contributed by atoms with Crippen molar-refractivity contribution in [1.82, 2.24) is 5.32 Å². The molecule has 0 amide bonds. The van der Waals surface area contributed by atoms with Gasteiger partial charge in [0, 0.05) is 16.6 Å². The summed E-state index contributed by atoms with van der Waals surface area (Å²) in [6.45, 7) is 9.10. The molecule has 16 heavy (non-hydrogen) atoms. The smallest absolute Gasteiger partial charge is 0.129 e. The fourth-order valence-electron chi connectivity index (χ4n) is 1.82. The van der Waals surface area contributed by atoms with Gasteiger partial charge >= 0.3 is 0 Å². The van der Waals surface area contributed by atoms with Crippen LogP contribution in [0.2, 0.25) is 5.02 Å². The van der Waals surface area contributed by atoms with E-state index in [1.807, 2.05) is 6.92 Å². The number of hydrogen-bond donors (Lipinski definition) is 1. The molecule has 1 atom stereocenters. The summed E-state index contributed by atoms with van der Waals surface area (Å²) >= 11 is 5.75. The lowest BCUT2D eigenvalue weighted by Crippen LogP contribution is -2.32. The summed E-state index contributed by atoms with van der Waals surface area (Å²) in [7, 11) is 0. The molecule has 90 valence electrons. The Morgan fingerprint density at radius 1 is 1.38 bits per heavy atom. The maximum Gasteiger partial charge on any atom is 0.129 e. The normalized spacial score (nSPS) is 13.9. The van der Waals surface area contributed by atoms with E-state index in [4.69, 9.17) is 11.6 Å². The molecule has 0 aromatic heterocycles. The highest BCUT2D eigenvalue weighted by Crippen LogP contribution is 2.34. The van der Waals surface area contributed by atoms with E-state index in [9.17, 15) is 4.39 Å². The van der Waals surface area contributed by atoms with Gasteiger partial charge in [0.05, 0.1) is 0 Å². The molecule has 1 unspecified atom stereocenters. The van der Waals surface area contributed by atoms with Crippen LogP contribution in [0.4, 0.5) is 4.39 Å². The Morgan fingerprint density at radius 3 is 2.44 bits per heavy atom. The largest absolute Gasteiger partial charge is 0.310 e. The van der Waals surface area contributed by atoms with Crippen LogP contribution < -0.4 is 5.32 Å². The van der Waals surface area contributed by atoms with Gasteiger partial charge in [0.1, 0.15) is 5.82 Å². The van der Waals surface area contributed by atoms with Crippen molar-refractivity contribution in [3.8, 4) is 0 Å². The van der Waals surface area contributed by atoms with Crippen LogP contribution in [0, 0.1) is 11.2 Å². The van der Waals surface area contributed by atoms with E-state index in [1.54, 1.807) is 12.1 Å². The maximum absolute atomic E-state index is 13.8. The zero-order chi connectivity index (χ0) is 12.3. The molecule has 1 N–H and O–H groups in total. The first-order valence-corrected chi connectivity index (χ1v) is 5.92. The van der Waals surface area contributed by atoms with Gasteiger partial charge in [-0.05, 0) is 24.1 Å². The molecule has 1 nitrogen and oxygen atoms in total. The fourth-order valence-corrected chi connectivity index (χ4v) is 1.98. The molecule has 0 heterocycles. The molecule has 0 radical (unpaired) electrons. The maximum atomic E-state index is 13.8. The van der Waals surface area contributed by atoms with Gasteiger partial charge in [-0.3, -0.25) is 0 Å². The third-order valence-electron chi connectivity index (χ3n) is 2.55. The van der Waals surface area contributed by atoms with E-state index in [0.29, 0.717) is 10.6 Å². The lowest BCUT2D eigenvalue weighted by Gasteiger charge is -2.32. The lowest BCUT2D eigenvalue weighted by atomic mass is 9.82. The molecule has 1 aromatic carbocycles. The molecule has 0 fully saturated rings. The standard InChI is InChI=1S/C13H19ClFN/c1-5-16-12(13(2,3)4)10-7-6-9(14)8-11(10)15/h6-8,12,16H,5H2,1-4H3. The van der Waals surface area contributed by atoms with Crippen LogP contribution >= 0.6 is 11.6 Å².